The van der Waals surface area contributed by atoms with Gasteiger partial charge in [-0.15, -0.1) is 4.73 Å². The van der Waals surface area contributed by atoms with E-state index in [1.165, 1.54) is 30.5 Å². The van der Waals surface area contributed by atoms with Gasteiger partial charge in [0, 0.05) is 23.2 Å². The highest BCUT2D eigenvalue weighted by Gasteiger charge is 2.30. The molecule has 0 amide bonds. The molecule has 2 heterocycles. The third-order valence-electron chi connectivity index (χ3n) is 6.52. The Labute approximate surface area is 253 Å². The van der Waals surface area contributed by atoms with Crippen LogP contribution in [0.4, 0.5) is 8.78 Å². The van der Waals surface area contributed by atoms with E-state index in [9.17, 15) is 26.8 Å². The molecule has 3 aromatic carbocycles. The van der Waals surface area contributed by atoms with Crippen molar-refractivity contribution in [3.05, 3.63) is 134 Å². The molecule has 0 spiro atoms. The first-order valence-corrected chi connectivity index (χ1v) is 15.1. The number of benzene rings is 3. The van der Waals surface area contributed by atoms with Gasteiger partial charge in [0.2, 0.25) is 0 Å². The van der Waals surface area contributed by atoms with E-state index in [1.54, 1.807) is 43.3 Å². The van der Waals surface area contributed by atoms with Gasteiger partial charge in [-0.1, -0.05) is 54.1 Å². The first-order chi connectivity index (χ1) is 20.5. The lowest BCUT2D eigenvalue weighted by Gasteiger charge is -2.17. The number of nitrogens with zero attached hydrogens (tertiary/aromatic N) is 2. The van der Waals surface area contributed by atoms with Crippen LogP contribution in [0.2, 0.25) is 0 Å². The standard InChI is InChI=1S/C31H23BrF2N2O6S/c1-19-7-12-24(13-8-19)43(39,40)42-29-25-15-22(32)17-35-30(25)36(41-18-20-5-3-2-4-6-20)31(38)28(29)27(37)14-10-21-9-11-23(33)16-26(21)34/h2-9,11-13,15-17H,10,14,18H2,1H3. The molecule has 43 heavy (non-hydrogen) atoms. The topological polar surface area (TPSA) is 105 Å². The third-order valence-corrected chi connectivity index (χ3v) is 8.19. The lowest BCUT2D eigenvalue weighted by molar-refractivity contribution is 0.0912. The molecule has 0 N–H and O–H groups in total. The number of rotatable bonds is 10. The molecule has 0 atom stereocenters. The molecule has 2 aromatic heterocycles. The van der Waals surface area contributed by atoms with E-state index >= 15 is 0 Å². The first kappa shape index (κ1) is 30.1. The summed E-state index contributed by atoms with van der Waals surface area (Å²) in [6.07, 6.45) is 0.750. The number of hydrogen-bond donors (Lipinski definition) is 0. The average Bonchev–Trinajstić information content (AvgIpc) is 2.97. The van der Waals surface area contributed by atoms with Crippen LogP contribution in [0.15, 0.2) is 99.2 Å². The van der Waals surface area contributed by atoms with Crippen molar-refractivity contribution in [2.24, 2.45) is 0 Å². The average molecular weight is 670 g/mol. The van der Waals surface area contributed by atoms with E-state index in [-0.39, 0.29) is 34.5 Å². The normalized spacial score (nSPS) is 11.4. The van der Waals surface area contributed by atoms with Crippen LogP contribution >= 0.6 is 15.9 Å². The molecule has 0 unspecified atom stereocenters. The molecular weight excluding hydrogens is 646 g/mol. The minimum Gasteiger partial charge on any atom is -0.404 e. The van der Waals surface area contributed by atoms with Gasteiger partial charge in [0.1, 0.15) is 28.7 Å². The van der Waals surface area contributed by atoms with Gasteiger partial charge in [-0.05, 0) is 64.7 Å². The van der Waals surface area contributed by atoms with Crippen molar-refractivity contribution in [3.8, 4) is 5.75 Å². The summed E-state index contributed by atoms with van der Waals surface area (Å²) in [5.41, 5.74) is -0.188. The van der Waals surface area contributed by atoms with Gasteiger partial charge >= 0.3 is 10.1 Å². The van der Waals surface area contributed by atoms with Crippen molar-refractivity contribution in [1.82, 2.24) is 9.71 Å². The number of halogens is 3. The Morgan fingerprint density at radius 3 is 2.42 bits per heavy atom. The molecule has 8 nitrogen and oxygen atoms in total. The molecule has 0 radical (unpaired) electrons. The summed E-state index contributed by atoms with van der Waals surface area (Å²) in [6.45, 7) is 1.70. The number of aryl methyl sites for hydroxylation is 2. The van der Waals surface area contributed by atoms with Crippen molar-refractivity contribution in [1.29, 1.82) is 0 Å². The molecule has 5 aromatic rings. The summed E-state index contributed by atoms with van der Waals surface area (Å²) >= 11 is 3.30. The van der Waals surface area contributed by atoms with Gasteiger partial charge in [0.25, 0.3) is 5.56 Å². The van der Waals surface area contributed by atoms with Crippen LogP contribution in [0.25, 0.3) is 11.0 Å². The van der Waals surface area contributed by atoms with E-state index in [0.717, 1.165) is 16.4 Å². The largest absolute Gasteiger partial charge is 0.404 e. The van der Waals surface area contributed by atoms with Gasteiger partial charge < -0.3 is 9.02 Å². The fourth-order valence-corrected chi connectivity index (χ4v) is 5.61. The number of pyridine rings is 2. The van der Waals surface area contributed by atoms with Crippen molar-refractivity contribution in [2.75, 3.05) is 0 Å². The maximum atomic E-state index is 14.3. The molecule has 0 saturated heterocycles. The Hall–Kier alpha value is -4.42. The summed E-state index contributed by atoms with van der Waals surface area (Å²) in [5, 5.41) is -0.00552. The molecule has 5 rings (SSSR count). The van der Waals surface area contributed by atoms with Gasteiger partial charge in [0.15, 0.2) is 17.2 Å². The van der Waals surface area contributed by atoms with Gasteiger partial charge in [-0.25, -0.2) is 13.8 Å². The second-order valence-corrected chi connectivity index (χ2v) is 12.1. The van der Waals surface area contributed by atoms with Crippen LogP contribution in [0.3, 0.4) is 0 Å². The van der Waals surface area contributed by atoms with Crippen LogP contribution in [-0.4, -0.2) is 23.9 Å². The summed E-state index contributed by atoms with van der Waals surface area (Å²) in [7, 11) is -4.54. The van der Waals surface area contributed by atoms with Crippen LogP contribution in [0.1, 0.15) is 33.5 Å². The molecule has 0 aliphatic heterocycles. The molecule has 0 aliphatic carbocycles. The van der Waals surface area contributed by atoms with E-state index in [4.69, 9.17) is 9.02 Å². The summed E-state index contributed by atoms with van der Waals surface area (Å²) in [4.78, 5) is 37.5. The van der Waals surface area contributed by atoms with E-state index < -0.39 is 50.8 Å². The number of fused-ring (bicyclic) bond motifs is 1. The molecule has 12 heteroatoms. The number of hydrogen-bond acceptors (Lipinski definition) is 7. The summed E-state index contributed by atoms with van der Waals surface area (Å²) in [6, 6.07) is 19.1. The second kappa shape index (κ2) is 12.4. The monoisotopic (exact) mass is 668 g/mol. The van der Waals surface area contributed by atoms with Crippen LogP contribution in [0, 0.1) is 18.6 Å². The van der Waals surface area contributed by atoms with Crippen molar-refractivity contribution < 1.29 is 31.0 Å². The number of carbonyl (C=O) groups excluding carboxylic acids is 1. The molecule has 0 saturated carbocycles. The molecule has 0 aliphatic rings. The zero-order valence-corrected chi connectivity index (χ0v) is 25.0. The minimum atomic E-state index is -4.54. The fraction of sp³-hybridized carbons (Fsp3) is 0.129. The molecule has 220 valence electrons. The fourth-order valence-electron chi connectivity index (χ4n) is 4.32. The van der Waals surface area contributed by atoms with Gasteiger partial charge in [0.05, 0.1) is 5.39 Å². The van der Waals surface area contributed by atoms with Crippen molar-refractivity contribution in [3.63, 3.8) is 0 Å². The van der Waals surface area contributed by atoms with E-state index in [2.05, 4.69) is 20.9 Å². The van der Waals surface area contributed by atoms with Gasteiger partial charge in [-0.2, -0.15) is 8.42 Å². The zero-order valence-electron chi connectivity index (χ0n) is 22.6. The van der Waals surface area contributed by atoms with Crippen LogP contribution in [-0.2, 0) is 23.1 Å². The Kier molecular flexibility index (Phi) is 8.69. The molecular formula is C31H23BrF2N2O6S. The predicted molar refractivity (Wildman–Crippen MR) is 158 cm³/mol. The lowest BCUT2D eigenvalue weighted by atomic mass is 10.0. The zero-order chi connectivity index (χ0) is 30.7. The van der Waals surface area contributed by atoms with Crippen LogP contribution < -0.4 is 14.6 Å². The number of carbonyl (C=O) groups is 1. The summed E-state index contributed by atoms with van der Waals surface area (Å²) in [5.74, 6) is -3.03. The highest BCUT2D eigenvalue weighted by Crippen LogP contribution is 2.32. The van der Waals surface area contributed by atoms with E-state index in [0.29, 0.717) is 16.1 Å². The quantitative estimate of drug-likeness (QED) is 0.134. The number of aromatic nitrogens is 2. The SMILES string of the molecule is Cc1ccc(S(=O)(=O)Oc2c(C(=O)CCc3ccc(F)cc3F)c(=O)n(OCc3ccccc3)c3ncc(Br)cc23)cc1. The highest BCUT2D eigenvalue weighted by atomic mass is 79.9. The predicted octanol–water partition coefficient (Wildman–Crippen LogP) is 5.96. The number of Topliss-reactive ketones (excluding diaryl/α,β-unsaturated/α-hetero) is 1. The van der Waals surface area contributed by atoms with Crippen molar-refractivity contribution in [2.45, 2.75) is 31.3 Å². The molecule has 0 fully saturated rings. The Morgan fingerprint density at radius 2 is 1.72 bits per heavy atom. The molecule has 0 bridgehead atoms. The van der Waals surface area contributed by atoms with Crippen molar-refractivity contribution >= 4 is 42.9 Å². The van der Waals surface area contributed by atoms with Gasteiger partial charge in [-0.3, -0.25) is 9.59 Å². The maximum Gasteiger partial charge on any atom is 0.339 e. The number of ketones is 1. The summed E-state index contributed by atoms with van der Waals surface area (Å²) < 4.78 is 61.3. The lowest BCUT2D eigenvalue weighted by Crippen LogP contribution is -2.33. The van der Waals surface area contributed by atoms with Crippen LogP contribution in [0.5, 0.6) is 5.75 Å². The Balaban J connectivity index is 1.65. The third kappa shape index (κ3) is 6.65. The Bertz CT molecular complexity index is 2000. The minimum absolute atomic E-state index is 0.00552. The Morgan fingerprint density at radius 1 is 1.00 bits per heavy atom. The first-order valence-electron chi connectivity index (χ1n) is 12.9. The second-order valence-electron chi connectivity index (χ2n) is 9.60. The highest BCUT2D eigenvalue weighted by molar-refractivity contribution is 9.10. The van der Waals surface area contributed by atoms with E-state index in [1.807, 2.05) is 6.07 Å². The maximum absolute atomic E-state index is 14.3. The smallest absolute Gasteiger partial charge is 0.339 e.